The van der Waals surface area contributed by atoms with Gasteiger partial charge in [-0.3, -0.25) is 4.79 Å². The van der Waals surface area contributed by atoms with Gasteiger partial charge in [-0.2, -0.15) is 0 Å². The normalized spacial score (nSPS) is 24.4. The number of hydrogen-bond donors (Lipinski definition) is 1. The number of aliphatic hydroxyl groups is 1. The molecule has 2 fully saturated rings. The van der Waals surface area contributed by atoms with E-state index in [1.165, 1.54) is 11.1 Å². The van der Waals surface area contributed by atoms with Crippen LogP contribution in [0.5, 0.6) is 0 Å². The van der Waals surface area contributed by atoms with Crippen LogP contribution >= 0.6 is 11.3 Å². The second kappa shape index (κ2) is 6.92. The zero-order chi connectivity index (χ0) is 17.3. The van der Waals surface area contributed by atoms with Crippen molar-refractivity contribution in [2.24, 2.45) is 5.41 Å². The molecule has 5 nitrogen and oxygen atoms in total. The third kappa shape index (κ3) is 3.37. The van der Waals surface area contributed by atoms with Crippen molar-refractivity contribution >= 4 is 32.6 Å². The van der Waals surface area contributed by atoms with Crippen molar-refractivity contribution < 1.29 is 9.90 Å². The van der Waals surface area contributed by atoms with Gasteiger partial charge in [-0.25, -0.2) is 4.98 Å². The molecule has 1 amide bonds. The Morgan fingerprint density at radius 3 is 2.96 bits per heavy atom. The summed E-state index contributed by atoms with van der Waals surface area (Å²) >= 11 is 1.77. The highest BCUT2D eigenvalue weighted by Crippen LogP contribution is 2.41. The Morgan fingerprint density at radius 2 is 2.12 bits per heavy atom. The van der Waals surface area contributed by atoms with Crippen LogP contribution in [0, 0.1) is 5.41 Å². The molecule has 0 aliphatic carbocycles. The van der Waals surface area contributed by atoms with E-state index < -0.39 is 0 Å². The summed E-state index contributed by atoms with van der Waals surface area (Å²) in [6.45, 7) is 3.68. The number of likely N-dealkylation sites (tertiary alicyclic amines) is 1. The number of rotatable bonds is 4. The molecule has 6 heteroatoms. The number of carbonyl (C=O) groups is 1. The molecule has 0 saturated carbocycles. The summed E-state index contributed by atoms with van der Waals surface area (Å²) in [7, 11) is 0. The summed E-state index contributed by atoms with van der Waals surface area (Å²) in [6.07, 6.45) is 4.61. The minimum atomic E-state index is 0.147. The number of para-hydroxylation sites is 1. The predicted octanol–water partition coefficient (Wildman–Crippen LogP) is 2.89. The van der Waals surface area contributed by atoms with Gasteiger partial charge in [-0.1, -0.05) is 23.5 Å². The van der Waals surface area contributed by atoms with Crippen LogP contribution in [-0.2, 0) is 4.79 Å². The first-order valence-electron chi connectivity index (χ1n) is 9.18. The van der Waals surface area contributed by atoms with Crippen molar-refractivity contribution in [2.45, 2.75) is 32.1 Å². The Bertz CT molecular complexity index is 729. The van der Waals surface area contributed by atoms with Gasteiger partial charge in [-0.05, 0) is 37.8 Å². The molecule has 2 saturated heterocycles. The first kappa shape index (κ1) is 16.8. The molecule has 1 aromatic heterocycles. The van der Waals surface area contributed by atoms with Gasteiger partial charge in [-0.15, -0.1) is 0 Å². The zero-order valence-electron chi connectivity index (χ0n) is 14.5. The molecule has 4 rings (SSSR count). The molecular formula is C19H25N3O2S. The minimum absolute atomic E-state index is 0.147. The van der Waals surface area contributed by atoms with Gasteiger partial charge >= 0.3 is 0 Å². The van der Waals surface area contributed by atoms with Crippen LogP contribution in [0.15, 0.2) is 24.3 Å². The number of amides is 1. The molecule has 2 aliphatic rings. The number of benzene rings is 1. The van der Waals surface area contributed by atoms with Crippen molar-refractivity contribution in [3.63, 3.8) is 0 Å². The predicted molar refractivity (Wildman–Crippen MR) is 101 cm³/mol. The van der Waals surface area contributed by atoms with Crippen molar-refractivity contribution in [2.75, 3.05) is 37.7 Å². The average Bonchev–Trinajstić information content (AvgIpc) is 3.07. The monoisotopic (exact) mass is 359 g/mol. The molecule has 25 heavy (non-hydrogen) atoms. The summed E-state index contributed by atoms with van der Waals surface area (Å²) in [6, 6.07) is 8.31. The lowest BCUT2D eigenvalue weighted by molar-refractivity contribution is -0.138. The van der Waals surface area contributed by atoms with Gasteiger partial charge in [0.15, 0.2) is 5.13 Å². The molecule has 3 heterocycles. The van der Waals surface area contributed by atoms with E-state index in [9.17, 15) is 4.79 Å². The van der Waals surface area contributed by atoms with E-state index >= 15 is 0 Å². The van der Waals surface area contributed by atoms with E-state index in [-0.39, 0.29) is 17.9 Å². The average molecular weight is 359 g/mol. The fraction of sp³-hybridized carbons (Fsp3) is 0.579. The van der Waals surface area contributed by atoms with Gasteiger partial charge in [0, 0.05) is 44.6 Å². The number of thiazole rings is 1. The van der Waals surface area contributed by atoms with E-state index in [1.807, 2.05) is 11.0 Å². The number of anilines is 1. The maximum Gasteiger partial charge on any atom is 0.222 e. The highest BCUT2D eigenvalue weighted by atomic mass is 32.1. The van der Waals surface area contributed by atoms with E-state index in [4.69, 9.17) is 10.1 Å². The van der Waals surface area contributed by atoms with Gasteiger partial charge in [0.2, 0.25) is 5.91 Å². The second-order valence-corrected chi connectivity index (χ2v) is 8.39. The molecule has 1 atom stereocenters. The number of nitrogens with zero attached hydrogens (tertiary/aromatic N) is 3. The van der Waals surface area contributed by atoms with Crippen molar-refractivity contribution in [1.29, 1.82) is 0 Å². The maximum absolute atomic E-state index is 12.2. The maximum atomic E-state index is 12.2. The van der Waals surface area contributed by atoms with Crippen LogP contribution in [-0.4, -0.2) is 53.7 Å². The van der Waals surface area contributed by atoms with Crippen molar-refractivity contribution in [3.05, 3.63) is 24.3 Å². The van der Waals surface area contributed by atoms with Crippen LogP contribution < -0.4 is 4.90 Å². The van der Waals surface area contributed by atoms with Crippen molar-refractivity contribution in [3.8, 4) is 0 Å². The molecule has 2 aliphatic heterocycles. The number of fused-ring (bicyclic) bond motifs is 1. The molecule has 1 aromatic carbocycles. The number of hydrogen-bond acceptors (Lipinski definition) is 5. The Hall–Kier alpha value is -1.66. The topological polar surface area (TPSA) is 56.7 Å². The second-order valence-electron chi connectivity index (χ2n) is 7.38. The first-order chi connectivity index (χ1) is 12.2. The van der Waals surface area contributed by atoms with Gasteiger partial charge in [0.25, 0.3) is 0 Å². The lowest BCUT2D eigenvalue weighted by Crippen LogP contribution is -2.54. The van der Waals surface area contributed by atoms with E-state index in [2.05, 4.69) is 23.1 Å². The molecule has 1 unspecified atom stereocenters. The lowest BCUT2D eigenvalue weighted by Gasteiger charge is -2.48. The summed E-state index contributed by atoms with van der Waals surface area (Å²) in [4.78, 5) is 21.4. The van der Waals surface area contributed by atoms with Crippen LogP contribution in [0.1, 0.15) is 32.1 Å². The Kier molecular flexibility index (Phi) is 4.65. The summed E-state index contributed by atoms with van der Waals surface area (Å²) in [5.74, 6) is 0.246. The van der Waals surface area contributed by atoms with Gasteiger partial charge in [0.1, 0.15) is 0 Å². The lowest BCUT2D eigenvalue weighted by atomic mass is 9.73. The molecular weight excluding hydrogens is 334 g/mol. The van der Waals surface area contributed by atoms with Gasteiger partial charge in [0.05, 0.1) is 10.2 Å². The summed E-state index contributed by atoms with van der Waals surface area (Å²) in [5.41, 5.74) is 1.25. The zero-order valence-corrected chi connectivity index (χ0v) is 15.3. The SMILES string of the molecule is O=C1CCC2(CCCN(c3nc4ccccc4s3)C2)CN1CCCO. The first-order valence-corrected chi connectivity index (χ1v) is 10.00. The van der Waals surface area contributed by atoms with Gasteiger partial charge < -0.3 is 14.9 Å². The Morgan fingerprint density at radius 1 is 1.24 bits per heavy atom. The molecule has 0 radical (unpaired) electrons. The van der Waals surface area contributed by atoms with Crippen LogP contribution in [0.2, 0.25) is 0 Å². The minimum Gasteiger partial charge on any atom is -0.396 e. The number of piperidine rings is 2. The third-order valence-corrected chi connectivity index (χ3v) is 6.65. The molecule has 2 aromatic rings. The number of aromatic nitrogens is 1. The summed E-state index contributed by atoms with van der Waals surface area (Å²) < 4.78 is 1.24. The Balaban J connectivity index is 1.52. The highest BCUT2D eigenvalue weighted by Gasteiger charge is 2.42. The van der Waals surface area contributed by atoms with E-state index in [1.54, 1.807) is 11.3 Å². The van der Waals surface area contributed by atoms with E-state index in [0.29, 0.717) is 19.4 Å². The summed E-state index contributed by atoms with van der Waals surface area (Å²) in [5, 5.41) is 10.2. The molecule has 134 valence electrons. The standard InChI is InChI=1S/C19H25N3O2S/c23-12-4-11-21-13-19(9-7-17(21)24)8-3-10-22(14-19)18-20-15-5-1-2-6-16(15)25-18/h1-2,5-6,23H,3-4,7-14H2. The van der Waals surface area contributed by atoms with Crippen LogP contribution in [0.3, 0.4) is 0 Å². The molecule has 1 N–H and O–H groups in total. The van der Waals surface area contributed by atoms with Crippen molar-refractivity contribution in [1.82, 2.24) is 9.88 Å². The molecule has 0 bridgehead atoms. The highest BCUT2D eigenvalue weighted by molar-refractivity contribution is 7.22. The Labute approximate surface area is 152 Å². The fourth-order valence-electron chi connectivity index (χ4n) is 4.27. The number of carbonyl (C=O) groups excluding carboxylic acids is 1. The van der Waals surface area contributed by atoms with E-state index in [0.717, 1.165) is 43.1 Å². The fourth-order valence-corrected chi connectivity index (χ4v) is 5.26. The van der Waals surface area contributed by atoms with Crippen LogP contribution in [0.4, 0.5) is 5.13 Å². The largest absolute Gasteiger partial charge is 0.396 e. The number of aliphatic hydroxyl groups excluding tert-OH is 1. The van der Waals surface area contributed by atoms with Crippen LogP contribution in [0.25, 0.3) is 10.2 Å². The smallest absolute Gasteiger partial charge is 0.222 e. The molecule has 1 spiro atoms. The quantitative estimate of drug-likeness (QED) is 0.912. The third-order valence-electron chi connectivity index (χ3n) is 5.55.